The van der Waals surface area contributed by atoms with Crippen molar-refractivity contribution in [2.75, 3.05) is 13.1 Å². The van der Waals surface area contributed by atoms with E-state index >= 15 is 0 Å². The summed E-state index contributed by atoms with van der Waals surface area (Å²) in [6, 6.07) is 1.44. The Morgan fingerprint density at radius 2 is 1.90 bits per heavy atom. The Balaban J connectivity index is 2.25. The Morgan fingerprint density at radius 3 is 2.43 bits per heavy atom. The Kier molecular flexibility index (Phi) is 4.54. The number of amides is 1. The summed E-state index contributed by atoms with van der Waals surface area (Å²) in [5.41, 5.74) is 0.0119. The molecule has 0 spiro atoms. The number of likely N-dealkylation sites (tertiary alicyclic amines) is 1. The summed E-state index contributed by atoms with van der Waals surface area (Å²) in [4.78, 5) is 12.0. The number of carboxylic acid groups (broad SMARTS) is 1. The van der Waals surface area contributed by atoms with E-state index in [4.69, 9.17) is 5.11 Å². The maximum absolute atomic E-state index is 13.6. The van der Waals surface area contributed by atoms with Gasteiger partial charge < -0.3 is 14.7 Å². The van der Waals surface area contributed by atoms with Crippen LogP contribution in [-0.2, 0) is 0 Å². The molecule has 0 radical (unpaired) electrons. The van der Waals surface area contributed by atoms with Gasteiger partial charge in [0.05, 0.1) is 0 Å². The third-order valence-corrected chi connectivity index (χ3v) is 3.45. The molecule has 1 N–H and O–H groups in total. The van der Waals surface area contributed by atoms with E-state index < -0.39 is 36.0 Å². The average molecular weight is 307 g/mol. The maximum atomic E-state index is 13.6. The highest BCUT2D eigenvalue weighted by Gasteiger charge is 2.28. The lowest BCUT2D eigenvalue weighted by atomic mass is 9.88. The third-order valence-electron chi connectivity index (χ3n) is 3.45. The van der Waals surface area contributed by atoms with Gasteiger partial charge in [-0.25, -0.2) is 13.6 Å². The molecule has 0 bridgehead atoms. The fourth-order valence-electron chi connectivity index (χ4n) is 2.48. The van der Waals surface area contributed by atoms with Gasteiger partial charge in [-0.05, 0) is 24.8 Å². The average Bonchev–Trinajstić information content (AvgIpc) is 2.41. The fourth-order valence-corrected chi connectivity index (χ4v) is 2.48. The van der Waals surface area contributed by atoms with Crippen LogP contribution in [0.4, 0.5) is 22.4 Å². The van der Waals surface area contributed by atoms with Crippen LogP contribution >= 0.6 is 0 Å². The van der Waals surface area contributed by atoms with Gasteiger partial charge in [-0.1, -0.05) is 0 Å². The summed E-state index contributed by atoms with van der Waals surface area (Å²) < 4.78 is 55.8. The van der Waals surface area contributed by atoms with E-state index in [1.54, 1.807) is 0 Å². The van der Waals surface area contributed by atoms with Crippen molar-refractivity contribution < 1.29 is 32.2 Å². The summed E-state index contributed by atoms with van der Waals surface area (Å²) >= 11 is 0. The van der Waals surface area contributed by atoms with Crippen LogP contribution in [0, 0.1) is 11.6 Å². The Bertz CT molecular complexity index is 530. The van der Waals surface area contributed by atoms with Gasteiger partial charge in [-0.2, -0.15) is 8.78 Å². The summed E-state index contributed by atoms with van der Waals surface area (Å²) in [5, 5.41) is 8.84. The molecule has 1 fully saturated rings. The molecule has 4 nitrogen and oxygen atoms in total. The first kappa shape index (κ1) is 15.4. The molecule has 0 saturated carbocycles. The van der Waals surface area contributed by atoms with Gasteiger partial charge in [0.15, 0.2) is 11.6 Å². The second-order valence-corrected chi connectivity index (χ2v) is 4.73. The van der Waals surface area contributed by atoms with Crippen molar-refractivity contribution in [3.8, 4) is 5.75 Å². The van der Waals surface area contributed by atoms with Crippen LogP contribution in [0.5, 0.6) is 5.75 Å². The second kappa shape index (κ2) is 6.19. The number of rotatable bonds is 3. The molecule has 1 aromatic rings. The Morgan fingerprint density at radius 1 is 1.29 bits per heavy atom. The van der Waals surface area contributed by atoms with Gasteiger partial charge in [-0.15, -0.1) is 0 Å². The maximum Gasteiger partial charge on any atom is 0.407 e. The summed E-state index contributed by atoms with van der Waals surface area (Å²) in [5.74, 6) is -3.17. The summed E-state index contributed by atoms with van der Waals surface area (Å²) in [6.07, 6.45) is -0.508. The van der Waals surface area contributed by atoms with Crippen LogP contribution in [0.1, 0.15) is 24.3 Å². The number of ether oxygens (including phenoxy) is 1. The van der Waals surface area contributed by atoms with E-state index in [1.807, 2.05) is 0 Å². The fraction of sp³-hybridized carbons (Fsp3) is 0.462. The standard InChI is InChI=1S/C13H13F4NO3/c14-8-5-9(11(10(15)6-8)21-12(16)17)7-1-3-18(4-2-7)13(19)20/h5-7,12H,1-4H2,(H,19,20). The van der Waals surface area contributed by atoms with Crippen LogP contribution in [0.25, 0.3) is 0 Å². The number of hydrogen-bond donors (Lipinski definition) is 1. The topological polar surface area (TPSA) is 49.8 Å². The van der Waals surface area contributed by atoms with E-state index in [0.717, 1.165) is 6.07 Å². The monoisotopic (exact) mass is 307 g/mol. The summed E-state index contributed by atoms with van der Waals surface area (Å²) in [7, 11) is 0. The molecule has 0 unspecified atom stereocenters. The highest BCUT2D eigenvalue weighted by atomic mass is 19.3. The van der Waals surface area contributed by atoms with E-state index in [0.29, 0.717) is 6.07 Å². The molecule has 0 aliphatic carbocycles. The molecule has 1 aliphatic rings. The van der Waals surface area contributed by atoms with Gasteiger partial charge in [-0.3, -0.25) is 0 Å². The van der Waals surface area contributed by atoms with Crippen LogP contribution in [0.15, 0.2) is 12.1 Å². The first-order chi connectivity index (χ1) is 9.88. The molecule has 116 valence electrons. The van der Waals surface area contributed by atoms with E-state index in [2.05, 4.69) is 4.74 Å². The van der Waals surface area contributed by atoms with Crippen molar-refractivity contribution in [1.82, 2.24) is 4.90 Å². The Labute approximate surface area is 117 Å². The van der Waals surface area contributed by atoms with Crippen molar-refractivity contribution in [2.24, 2.45) is 0 Å². The number of halogens is 4. The predicted molar refractivity (Wildman–Crippen MR) is 64.6 cm³/mol. The normalized spacial score (nSPS) is 16.3. The van der Waals surface area contributed by atoms with Crippen molar-refractivity contribution in [1.29, 1.82) is 0 Å². The molecule has 1 aromatic carbocycles. The Hall–Kier alpha value is -1.99. The van der Waals surface area contributed by atoms with Gasteiger partial charge in [0.2, 0.25) is 0 Å². The molecular weight excluding hydrogens is 294 g/mol. The number of carbonyl (C=O) groups is 1. The number of piperidine rings is 1. The smallest absolute Gasteiger partial charge is 0.407 e. The molecule has 1 aliphatic heterocycles. The molecule has 0 aromatic heterocycles. The van der Waals surface area contributed by atoms with Crippen molar-refractivity contribution in [3.63, 3.8) is 0 Å². The lowest BCUT2D eigenvalue weighted by molar-refractivity contribution is -0.0532. The van der Waals surface area contributed by atoms with E-state index in [-0.39, 0.29) is 31.5 Å². The van der Waals surface area contributed by atoms with E-state index in [9.17, 15) is 22.4 Å². The minimum absolute atomic E-state index is 0.0119. The first-order valence-electron chi connectivity index (χ1n) is 6.30. The second-order valence-electron chi connectivity index (χ2n) is 4.73. The van der Waals surface area contributed by atoms with Gasteiger partial charge in [0, 0.05) is 24.7 Å². The van der Waals surface area contributed by atoms with Gasteiger partial charge in [0.1, 0.15) is 5.82 Å². The number of nitrogens with zero attached hydrogens (tertiary/aromatic N) is 1. The lowest BCUT2D eigenvalue weighted by Crippen LogP contribution is -2.37. The molecule has 21 heavy (non-hydrogen) atoms. The number of hydrogen-bond acceptors (Lipinski definition) is 2. The zero-order valence-corrected chi connectivity index (χ0v) is 10.9. The SMILES string of the molecule is O=C(O)N1CCC(c2cc(F)cc(F)c2OC(F)F)CC1. The molecule has 2 rings (SSSR count). The van der Waals surface area contributed by atoms with Crippen LogP contribution in [0.2, 0.25) is 0 Å². The minimum atomic E-state index is -3.22. The minimum Gasteiger partial charge on any atom is -0.465 e. The quantitative estimate of drug-likeness (QED) is 0.871. The zero-order valence-electron chi connectivity index (χ0n) is 10.9. The highest BCUT2D eigenvalue weighted by Crippen LogP contribution is 2.37. The van der Waals surface area contributed by atoms with Crippen molar-refractivity contribution in [2.45, 2.75) is 25.4 Å². The number of benzene rings is 1. The van der Waals surface area contributed by atoms with Crippen molar-refractivity contribution >= 4 is 6.09 Å². The molecule has 1 amide bonds. The highest BCUT2D eigenvalue weighted by molar-refractivity contribution is 5.65. The summed E-state index contributed by atoms with van der Waals surface area (Å²) in [6.45, 7) is -2.87. The van der Waals surface area contributed by atoms with Gasteiger partial charge >= 0.3 is 12.7 Å². The van der Waals surface area contributed by atoms with Crippen LogP contribution < -0.4 is 4.74 Å². The molecule has 1 saturated heterocycles. The number of alkyl halides is 2. The molecule has 1 heterocycles. The lowest BCUT2D eigenvalue weighted by Gasteiger charge is -2.31. The van der Waals surface area contributed by atoms with Crippen LogP contribution in [0.3, 0.4) is 0 Å². The molecule has 8 heteroatoms. The van der Waals surface area contributed by atoms with Gasteiger partial charge in [0.25, 0.3) is 0 Å². The zero-order chi connectivity index (χ0) is 15.6. The molecular formula is C13H13F4NO3. The van der Waals surface area contributed by atoms with Crippen molar-refractivity contribution in [3.05, 3.63) is 29.3 Å². The first-order valence-corrected chi connectivity index (χ1v) is 6.30. The predicted octanol–water partition coefficient (Wildman–Crippen LogP) is 3.42. The third kappa shape index (κ3) is 3.56. The molecule has 0 atom stereocenters. The largest absolute Gasteiger partial charge is 0.465 e. The van der Waals surface area contributed by atoms with Crippen LogP contribution in [-0.4, -0.2) is 35.8 Å². The van der Waals surface area contributed by atoms with E-state index in [1.165, 1.54) is 4.90 Å².